The molecule has 1 aromatic rings. The summed E-state index contributed by atoms with van der Waals surface area (Å²) in [6, 6.07) is 6.88. The van der Waals surface area contributed by atoms with Gasteiger partial charge < -0.3 is 15.4 Å². The van der Waals surface area contributed by atoms with Crippen molar-refractivity contribution in [1.82, 2.24) is 4.90 Å². The van der Waals surface area contributed by atoms with Crippen LogP contribution >= 0.6 is 15.9 Å². The van der Waals surface area contributed by atoms with Crippen LogP contribution in [0.4, 0.5) is 0 Å². The van der Waals surface area contributed by atoms with Gasteiger partial charge in [-0.2, -0.15) is 0 Å². The Labute approximate surface area is 129 Å². The third-order valence-electron chi connectivity index (χ3n) is 4.73. The normalized spacial score (nSPS) is 25.6. The number of rotatable bonds is 1. The van der Waals surface area contributed by atoms with E-state index in [0.717, 1.165) is 48.1 Å². The van der Waals surface area contributed by atoms with E-state index in [1.807, 2.05) is 6.07 Å². The van der Waals surface area contributed by atoms with Crippen LogP contribution in [0.1, 0.15) is 44.7 Å². The summed E-state index contributed by atoms with van der Waals surface area (Å²) in [6.45, 7) is 6.74. The fraction of sp³-hybridized carbons (Fsp3) is 0.625. The van der Waals surface area contributed by atoms with Gasteiger partial charge in [0, 0.05) is 41.6 Å². The number of nitrogens with zero attached hydrogens (tertiary/aromatic N) is 1. The first-order chi connectivity index (χ1) is 9.49. The number of halogens is 1. The number of fused-ring (bicyclic) bond motifs is 1. The summed E-state index contributed by atoms with van der Waals surface area (Å²) in [5, 5.41) is 0. The topological polar surface area (TPSA) is 38.5 Å². The molecule has 0 amide bonds. The van der Waals surface area contributed by atoms with Crippen LogP contribution in [0, 0.1) is 0 Å². The van der Waals surface area contributed by atoms with Crippen molar-refractivity contribution in [1.29, 1.82) is 0 Å². The average Bonchev–Trinajstić information content (AvgIpc) is 2.40. The largest absolute Gasteiger partial charge is 0.487 e. The van der Waals surface area contributed by atoms with Crippen LogP contribution in [0.5, 0.6) is 5.75 Å². The standard InChI is InChI=1S/C16H23BrN2O/c1-11(2)19-7-5-16(6-8-19)10-14(18)13-9-12(17)3-4-15(13)20-16/h3-4,9,11,14H,5-8,10,18H2,1-2H3/t14-/m0/s1. The maximum atomic E-state index is 6.40. The molecule has 1 atom stereocenters. The summed E-state index contributed by atoms with van der Waals surface area (Å²) in [7, 11) is 0. The van der Waals surface area contributed by atoms with Gasteiger partial charge in [-0.25, -0.2) is 0 Å². The number of ether oxygens (including phenoxy) is 1. The van der Waals surface area contributed by atoms with Crippen molar-refractivity contribution >= 4 is 15.9 Å². The molecule has 110 valence electrons. The second kappa shape index (κ2) is 5.32. The summed E-state index contributed by atoms with van der Waals surface area (Å²) >= 11 is 3.51. The second-order valence-corrected chi connectivity index (χ2v) is 7.32. The predicted molar refractivity (Wildman–Crippen MR) is 85.0 cm³/mol. The predicted octanol–water partition coefficient (Wildman–Crippen LogP) is 3.47. The third kappa shape index (κ3) is 2.61. The number of nitrogens with two attached hydrogens (primary N) is 1. The molecule has 1 spiro atoms. The van der Waals surface area contributed by atoms with Crippen LogP contribution in [-0.4, -0.2) is 29.6 Å². The summed E-state index contributed by atoms with van der Waals surface area (Å²) in [5.41, 5.74) is 7.49. The van der Waals surface area contributed by atoms with Gasteiger partial charge in [0.2, 0.25) is 0 Å². The van der Waals surface area contributed by atoms with Gasteiger partial charge in [0.05, 0.1) is 0 Å². The molecule has 2 N–H and O–H groups in total. The minimum absolute atomic E-state index is 0.0500. The first kappa shape index (κ1) is 14.4. The van der Waals surface area contributed by atoms with E-state index < -0.39 is 0 Å². The maximum absolute atomic E-state index is 6.40. The van der Waals surface area contributed by atoms with Gasteiger partial charge in [0.15, 0.2) is 0 Å². The van der Waals surface area contributed by atoms with Crippen LogP contribution in [0.15, 0.2) is 22.7 Å². The number of benzene rings is 1. The van der Waals surface area contributed by atoms with Crippen molar-refractivity contribution in [2.45, 2.75) is 50.8 Å². The lowest BCUT2D eigenvalue weighted by Crippen LogP contribution is -2.52. The Morgan fingerprint density at radius 3 is 2.70 bits per heavy atom. The first-order valence-electron chi connectivity index (χ1n) is 7.47. The summed E-state index contributed by atoms with van der Waals surface area (Å²) < 4.78 is 7.46. The lowest BCUT2D eigenvalue weighted by Gasteiger charge is -2.47. The molecule has 1 aromatic carbocycles. The lowest BCUT2D eigenvalue weighted by atomic mass is 9.80. The van der Waals surface area contributed by atoms with Crippen molar-refractivity contribution in [3.63, 3.8) is 0 Å². The first-order valence-corrected chi connectivity index (χ1v) is 8.26. The van der Waals surface area contributed by atoms with Crippen molar-refractivity contribution < 1.29 is 4.74 Å². The Morgan fingerprint density at radius 2 is 2.05 bits per heavy atom. The van der Waals surface area contributed by atoms with E-state index in [1.54, 1.807) is 0 Å². The van der Waals surface area contributed by atoms with Gasteiger partial charge >= 0.3 is 0 Å². The molecule has 0 bridgehead atoms. The van der Waals surface area contributed by atoms with Crippen molar-refractivity contribution in [2.75, 3.05) is 13.1 Å². The summed E-state index contributed by atoms with van der Waals surface area (Å²) in [5.74, 6) is 0.977. The van der Waals surface area contributed by atoms with Crippen molar-refractivity contribution in [3.05, 3.63) is 28.2 Å². The van der Waals surface area contributed by atoms with Crippen LogP contribution in [-0.2, 0) is 0 Å². The number of hydrogen-bond acceptors (Lipinski definition) is 3. The van der Waals surface area contributed by atoms with E-state index in [-0.39, 0.29) is 11.6 Å². The monoisotopic (exact) mass is 338 g/mol. The third-order valence-corrected chi connectivity index (χ3v) is 5.22. The molecule has 20 heavy (non-hydrogen) atoms. The van der Waals surface area contributed by atoms with Crippen molar-refractivity contribution in [3.8, 4) is 5.75 Å². The Morgan fingerprint density at radius 1 is 1.35 bits per heavy atom. The maximum Gasteiger partial charge on any atom is 0.124 e. The highest BCUT2D eigenvalue weighted by Crippen LogP contribution is 2.44. The van der Waals surface area contributed by atoms with Gasteiger partial charge in [0.1, 0.15) is 11.4 Å². The van der Waals surface area contributed by atoms with E-state index >= 15 is 0 Å². The molecular formula is C16H23BrN2O. The van der Waals surface area contributed by atoms with Crippen LogP contribution in [0.3, 0.4) is 0 Å². The minimum Gasteiger partial charge on any atom is -0.487 e. The van der Waals surface area contributed by atoms with E-state index in [2.05, 4.69) is 46.8 Å². The van der Waals surface area contributed by atoms with E-state index in [0.29, 0.717) is 6.04 Å². The van der Waals surface area contributed by atoms with E-state index in [1.165, 1.54) is 0 Å². The molecule has 1 saturated heterocycles. The highest BCUT2D eigenvalue weighted by Gasteiger charge is 2.42. The van der Waals surface area contributed by atoms with E-state index in [4.69, 9.17) is 10.5 Å². The van der Waals surface area contributed by atoms with Gasteiger partial charge in [-0.05, 0) is 44.9 Å². The van der Waals surface area contributed by atoms with Crippen LogP contribution in [0.25, 0.3) is 0 Å². The fourth-order valence-electron chi connectivity index (χ4n) is 3.44. The molecule has 3 rings (SSSR count). The van der Waals surface area contributed by atoms with Gasteiger partial charge in [0.25, 0.3) is 0 Å². The number of likely N-dealkylation sites (tertiary alicyclic amines) is 1. The molecule has 3 nitrogen and oxygen atoms in total. The van der Waals surface area contributed by atoms with Crippen molar-refractivity contribution in [2.24, 2.45) is 5.73 Å². The highest BCUT2D eigenvalue weighted by atomic mass is 79.9. The lowest BCUT2D eigenvalue weighted by molar-refractivity contribution is -0.0279. The molecular weight excluding hydrogens is 316 g/mol. The Kier molecular flexibility index (Phi) is 3.82. The van der Waals surface area contributed by atoms with Crippen LogP contribution in [0.2, 0.25) is 0 Å². The average molecular weight is 339 g/mol. The molecule has 4 heteroatoms. The zero-order valence-electron chi connectivity index (χ0n) is 12.2. The van der Waals surface area contributed by atoms with Gasteiger partial charge in [-0.15, -0.1) is 0 Å². The van der Waals surface area contributed by atoms with Crippen LogP contribution < -0.4 is 10.5 Å². The molecule has 2 aliphatic heterocycles. The van der Waals surface area contributed by atoms with Gasteiger partial charge in [-0.3, -0.25) is 0 Å². The fourth-order valence-corrected chi connectivity index (χ4v) is 3.82. The highest BCUT2D eigenvalue weighted by molar-refractivity contribution is 9.10. The number of piperidine rings is 1. The molecule has 0 aromatic heterocycles. The Balaban J connectivity index is 1.80. The summed E-state index contributed by atoms with van der Waals surface area (Å²) in [4.78, 5) is 2.53. The Bertz CT molecular complexity index is 495. The smallest absolute Gasteiger partial charge is 0.124 e. The van der Waals surface area contributed by atoms with E-state index in [9.17, 15) is 0 Å². The molecule has 0 aliphatic carbocycles. The molecule has 2 aliphatic rings. The number of hydrogen-bond donors (Lipinski definition) is 1. The molecule has 2 heterocycles. The molecule has 1 fully saturated rings. The Hall–Kier alpha value is -0.580. The summed E-state index contributed by atoms with van der Waals surface area (Å²) in [6.07, 6.45) is 3.09. The molecule has 0 saturated carbocycles. The SMILES string of the molecule is CC(C)N1CCC2(CC1)C[C@H](N)c1cc(Br)ccc1O2. The second-order valence-electron chi connectivity index (χ2n) is 6.41. The zero-order valence-corrected chi connectivity index (χ0v) is 13.8. The molecule has 0 unspecified atom stereocenters. The zero-order chi connectivity index (χ0) is 14.3. The quantitative estimate of drug-likeness (QED) is 0.851. The van der Waals surface area contributed by atoms with Gasteiger partial charge in [-0.1, -0.05) is 15.9 Å². The minimum atomic E-state index is -0.0500. The molecule has 0 radical (unpaired) electrons.